The highest BCUT2D eigenvalue weighted by Crippen LogP contribution is 2.41. The zero-order chi connectivity index (χ0) is 29.5. The number of rotatable bonds is 13. The van der Waals surface area contributed by atoms with Crippen LogP contribution in [0.3, 0.4) is 0 Å². The third-order valence-corrected chi connectivity index (χ3v) is 8.55. The van der Waals surface area contributed by atoms with E-state index in [0.717, 1.165) is 57.9 Å². The summed E-state index contributed by atoms with van der Waals surface area (Å²) in [6, 6.07) is 8.89. The highest BCUT2D eigenvalue weighted by Gasteiger charge is 2.36. The van der Waals surface area contributed by atoms with Gasteiger partial charge in [-0.1, -0.05) is 19.6 Å². The molecule has 0 radical (unpaired) electrons. The molecule has 0 saturated carbocycles. The Balaban J connectivity index is 1.37. The first kappa shape index (κ1) is 31.0. The molecule has 1 saturated heterocycles. The van der Waals surface area contributed by atoms with Gasteiger partial charge < -0.3 is 24.1 Å². The molecule has 12 heteroatoms. The van der Waals surface area contributed by atoms with E-state index in [4.69, 9.17) is 14.2 Å². The smallest absolute Gasteiger partial charge is 0.418 e. The van der Waals surface area contributed by atoms with Crippen LogP contribution in [0.25, 0.3) is 11.0 Å². The zero-order valence-electron chi connectivity index (χ0n) is 23.9. The van der Waals surface area contributed by atoms with Gasteiger partial charge in [0.2, 0.25) is 5.91 Å². The lowest BCUT2D eigenvalue weighted by Crippen LogP contribution is -2.36. The summed E-state index contributed by atoms with van der Waals surface area (Å²) in [7, 11) is -1.33. The number of carbonyl (C=O) groups is 1. The Hall–Kier alpha value is -2.93. The van der Waals surface area contributed by atoms with Gasteiger partial charge in [0.1, 0.15) is 23.9 Å². The van der Waals surface area contributed by atoms with E-state index in [2.05, 4.69) is 34.8 Å². The van der Waals surface area contributed by atoms with E-state index in [-0.39, 0.29) is 29.4 Å². The van der Waals surface area contributed by atoms with Crippen LogP contribution in [0.2, 0.25) is 25.7 Å². The fraction of sp³-hybridized carbons (Fsp3) is 0.517. The van der Waals surface area contributed by atoms with Gasteiger partial charge in [0.05, 0.1) is 24.2 Å². The number of amides is 1. The summed E-state index contributed by atoms with van der Waals surface area (Å²) in [5.74, 6) is 0.299. The second-order valence-corrected chi connectivity index (χ2v) is 17.1. The second-order valence-electron chi connectivity index (χ2n) is 11.5. The number of anilines is 1. The van der Waals surface area contributed by atoms with Crippen molar-refractivity contribution >= 4 is 30.7 Å². The number of aromatic nitrogens is 2. The number of fused-ring (bicyclic) bond motifs is 1. The Kier molecular flexibility index (Phi) is 10.5. The predicted molar refractivity (Wildman–Crippen MR) is 155 cm³/mol. The molecule has 8 nitrogen and oxygen atoms in total. The van der Waals surface area contributed by atoms with Crippen molar-refractivity contribution in [1.29, 1.82) is 0 Å². The van der Waals surface area contributed by atoms with Crippen LogP contribution in [-0.2, 0) is 27.2 Å². The third-order valence-electron chi connectivity index (χ3n) is 6.85. The number of benzene rings is 1. The number of halogens is 3. The highest BCUT2D eigenvalue weighted by molar-refractivity contribution is 6.76. The summed E-state index contributed by atoms with van der Waals surface area (Å²) in [5.41, 5.74) is -0.102. The number of alkyl halides is 3. The van der Waals surface area contributed by atoms with Gasteiger partial charge in [0.15, 0.2) is 0 Å². The molecule has 0 unspecified atom stereocenters. The number of nitrogens with one attached hydrogen (secondary N) is 1. The topological polar surface area (TPSA) is 77.9 Å². The fourth-order valence-corrected chi connectivity index (χ4v) is 5.28. The van der Waals surface area contributed by atoms with Crippen molar-refractivity contribution in [2.24, 2.45) is 0 Å². The molecule has 4 rings (SSSR count). The predicted octanol–water partition coefficient (Wildman–Crippen LogP) is 6.60. The maximum absolute atomic E-state index is 14.0. The molecule has 2 aromatic heterocycles. The highest BCUT2D eigenvalue weighted by atomic mass is 28.3. The van der Waals surface area contributed by atoms with E-state index in [0.29, 0.717) is 24.5 Å². The van der Waals surface area contributed by atoms with Crippen molar-refractivity contribution in [3.63, 3.8) is 0 Å². The van der Waals surface area contributed by atoms with Crippen molar-refractivity contribution in [3.8, 4) is 11.5 Å². The number of hydrogen-bond acceptors (Lipinski definition) is 6. The van der Waals surface area contributed by atoms with Crippen molar-refractivity contribution in [2.45, 2.75) is 57.9 Å². The lowest BCUT2D eigenvalue weighted by Gasteiger charge is -2.26. The number of ether oxygens (including phenoxy) is 3. The Morgan fingerprint density at radius 1 is 1.10 bits per heavy atom. The van der Waals surface area contributed by atoms with Crippen LogP contribution in [0.1, 0.15) is 24.8 Å². The first-order chi connectivity index (χ1) is 19.5. The maximum Gasteiger partial charge on any atom is 0.418 e. The molecule has 3 heterocycles. The van der Waals surface area contributed by atoms with E-state index < -0.39 is 19.8 Å². The molecule has 0 atom stereocenters. The van der Waals surface area contributed by atoms with E-state index in [1.165, 1.54) is 16.8 Å². The van der Waals surface area contributed by atoms with E-state index >= 15 is 0 Å². The lowest BCUT2D eigenvalue weighted by atomic mass is 10.2. The van der Waals surface area contributed by atoms with Crippen molar-refractivity contribution in [2.75, 3.05) is 44.8 Å². The molecule has 1 aliphatic rings. The van der Waals surface area contributed by atoms with Crippen LogP contribution in [0.4, 0.5) is 18.9 Å². The van der Waals surface area contributed by atoms with E-state index in [1.807, 2.05) is 0 Å². The lowest BCUT2D eigenvalue weighted by molar-refractivity contribution is -0.136. The van der Waals surface area contributed by atoms with Crippen LogP contribution in [0.15, 0.2) is 42.7 Å². The molecule has 0 bridgehead atoms. The number of nitrogens with zero attached hydrogens (tertiary/aromatic N) is 3. The Bertz CT molecular complexity index is 1290. The third kappa shape index (κ3) is 9.28. The fourth-order valence-electron chi connectivity index (χ4n) is 4.53. The van der Waals surface area contributed by atoms with Gasteiger partial charge in [0.25, 0.3) is 0 Å². The van der Waals surface area contributed by atoms with Gasteiger partial charge >= 0.3 is 6.18 Å². The Morgan fingerprint density at radius 3 is 2.51 bits per heavy atom. The summed E-state index contributed by atoms with van der Waals surface area (Å²) in [4.78, 5) is 18.9. The van der Waals surface area contributed by atoms with Gasteiger partial charge in [-0.25, -0.2) is 4.98 Å². The molecule has 1 fully saturated rings. The maximum atomic E-state index is 14.0. The number of hydrogen-bond donors (Lipinski definition) is 1. The van der Waals surface area contributed by atoms with Gasteiger partial charge in [-0.3, -0.25) is 9.69 Å². The number of carbonyl (C=O) groups excluding carboxylic acids is 1. The molecule has 224 valence electrons. The minimum atomic E-state index is -4.60. The monoisotopic (exact) mass is 592 g/mol. The molecule has 1 aliphatic heterocycles. The molecule has 0 aliphatic carbocycles. The molecule has 3 aromatic rings. The summed E-state index contributed by atoms with van der Waals surface area (Å²) >= 11 is 0. The van der Waals surface area contributed by atoms with Crippen LogP contribution in [0, 0.1) is 0 Å². The number of pyridine rings is 1. The van der Waals surface area contributed by atoms with E-state index in [1.54, 1.807) is 24.3 Å². The Labute approximate surface area is 239 Å². The largest absolute Gasteiger partial charge is 0.457 e. The molecule has 1 aromatic carbocycles. The molecular formula is C29H39F3N4O4Si. The van der Waals surface area contributed by atoms with Gasteiger partial charge in [-0.15, -0.1) is 0 Å². The van der Waals surface area contributed by atoms with Crippen LogP contribution >= 0.6 is 0 Å². The first-order valence-corrected chi connectivity index (χ1v) is 17.7. The summed E-state index contributed by atoms with van der Waals surface area (Å²) in [6.07, 6.45) is -0.0154. The summed E-state index contributed by atoms with van der Waals surface area (Å²) < 4.78 is 60.3. The van der Waals surface area contributed by atoms with Gasteiger partial charge in [-0.2, -0.15) is 13.2 Å². The normalized spacial score (nSPS) is 14.9. The minimum absolute atomic E-state index is 0.0326. The SMILES string of the molecule is C[Si](C)(C)CCOCn1cc(C(F)(F)F)c2c(Oc3ccc(NC(=O)CCCCN4CCOCC4)cc3)ccnc21. The first-order valence-electron chi connectivity index (χ1n) is 14.0. The molecule has 0 spiro atoms. The molecule has 1 N–H and O–H groups in total. The van der Waals surface area contributed by atoms with Crippen molar-refractivity contribution < 1.29 is 32.2 Å². The zero-order valence-corrected chi connectivity index (χ0v) is 24.9. The average Bonchev–Trinajstić information content (AvgIpc) is 3.31. The summed E-state index contributed by atoms with van der Waals surface area (Å²) in [6.45, 7) is 11.4. The number of morpholine rings is 1. The molecule has 1 amide bonds. The van der Waals surface area contributed by atoms with Crippen LogP contribution < -0.4 is 10.1 Å². The van der Waals surface area contributed by atoms with Crippen LogP contribution in [0.5, 0.6) is 11.5 Å². The van der Waals surface area contributed by atoms with E-state index in [9.17, 15) is 18.0 Å². The average molecular weight is 593 g/mol. The second kappa shape index (κ2) is 13.8. The van der Waals surface area contributed by atoms with Gasteiger partial charge in [-0.05, 0) is 55.8 Å². The number of unbranched alkanes of at least 4 members (excludes halogenated alkanes) is 1. The minimum Gasteiger partial charge on any atom is -0.457 e. The molecule has 41 heavy (non-hydrogen) atoms. The standard InChI is InChI=1S/C29H39F3N4O4Si/c1-41(2,3)19-18-39-21-36-20-24(29(30,31)32)27-25(11-12-33-28(27)36)40-23-9-7-22(8-10-23)34-26(37)6-4-5-13-35-14-16-38-17-15-35/h7-12,20H,4-6,13-19,21H2,1-3H3,(H,34,37). The quantitative estimate of drug-likeness (QED) is 0.178. The van der Waals surface area contributed by atoms with Crippen LogP contribution in [-0.4, -0.2) is 67.9 Å². The van der Waals surface area contributed by atoms with Crippen molar-refractivity contribution in [1.82, 2.24) is 14.5 Å². The van der Waals surface area contributed by atoms with Crippen molar-refractivity contribution in [3.05, 3.63) is 48.3 Å². The summed E-state index contributed by atoms with van der Waals surface area (Å²) in [5, 5.41) is 2.74. The molecular weight excluding hydrogens is 553 g/mol. The Morgan fingerprint density at radius 2 is 1.83 bits per heavy atom. The van der Waals surface area contributed by atoms with Gasteiger partial charge in [0, 0.05) is 52.3 Å².